The van der Waals surface area contributed by atoms with Crippen LogP contribution in [0.5, 0.6) is 0 Å². The van der Waals surface area contributed by atoms with Crippen LogP contribution < -0.4 is 9.62 Å². The molecule has 1 aliphatic heterocycles. The molecular formula is C18H25N3O2S2. The number of anilines is 1. The lowest BCUT2D eigenvalue weighted by atomic mass is 10.1. The zero-order chi connectivity index (χ0) is 17.9. The van der Waals surface area contributed by atoms with Gasteiger partial charge in [-0.25, -0.2) is 13.1 Å². The normalized spacial score (nSPS) is 16.9. The molecule has 1 saturated heterocycles. The monoisotopic (exact) mass is 379 g/mol. The number of rotatable bonds is 7. The third-order valence-electron chi connectivity index (χ3n) is 4.60. The average molecular weight is 380 g/mol. The van der Waals surface area contributed by atoms with E-state index < -0.39 is 10.0 Å². The highest BCUT2D eigenvalue weighted by atomic mass is 32.2. The van der Waals surface area contributed by atoms with Crippen LogP contribution in [0.1, 0.15) is 24.4 Å². The van der Waals surface area contributed by atoms with Crippen molar-refractivity contribution in [1.82, 2.24) is 9.62 Å². The second-order valence-electron chi connectivity index (χ2n) is 6.53. The van der Waals surface area contributed by atoms with Gasteiger partial charge in [-0.1, -0.05) is 18.2 Å². The predicted octanol–water partition coefficient (Wildman–Crippen LogP) is 2.93. The Morgan fingerprint density at radius 1 is 1.16 bits per heavy atom. The summed E-state index contributed by atoms with van der Waals surface area (Å²) in [6.45, 7) is 2.42. The van der Waals surface area contributed by atoms with Crippen LogP contribution in [-0.4, -0.2) is 47.0 Å². The van der Waals surface area contributed by atoms with E-state index in [4.69, 9.17) is 0 Å². The smallest absolute Gasteiger partial charge is 0.250 e. The highest BCUT2D eigenvalue weighted by molar-refractivity contribution is 7.91. The number of nitrogens with one attached hydrogen (secondary N) is 1. The van der Waals surface area contributed by atoms with Crippen LogP contribution in [-0.2, 0) is 10.0 Å². The van der Waals surface area contributed by atoms with E-state index in [0.29, 0.717) is 10.8 Å². The van der Waals surface area contributed by atoms with Gasteiger partial charge in [0, 0.05) is 32.4 Å². The molecule has 0 aliphatic carbocycles. The quantitative estimate of drug-likeness (QED) is 0.804. The molecule has 0 radical (unpaired) electrons. The van der Waals surface area contributed by atoms with Crippen molar-refractivity contribution < 1.29 is 8.42 Å². The van der Waals surface area contributed by atoms with Gasteiger partial charge in [0.05, 0.1) is 0 Å². The first-order chi connectivity index (χ1) is 12.0. The first kappa shape index (κ1) is 18.4. The summed E-state index contributed by atoms with van der Waals surface area (Å²) in [5, 5.41) is 1.78. The first-order valence-electron chi connectivity index (χ1n) is 8.52. The second-order valence-corrected chi connectivity index (χ2v) is 9.47. The van der Waals surface area contributed by atoms with E-state index in [2.05, 4.69) is 38.8 Å². The van der Waals surface area contributed by atoms with Gasteiger partial charge in [0.2, 0.25) is 10.0 Å². The topological polar surface area (TPSA) is 52.7 Å². The zero-order valence-corrected chi connectivity index (χ0v) is 16.3. The van der Waals surface area contributed by atoms with E-state index in [9.17, 15) is 8.42 Å². The summed E-state index contributed by atoms with van der Waals surface area (Å²) < 4.78 is 28.1. The van der Waals surface area contributed by atoms with E-state index in [1.165, 1.54) is 24.2 Å². The average Bonchev–Trinajstić information content (AvgIpc) is 3.29. The molecule has 1 atom stereocenters. The minimum atomic E-state index is -3.44. The number of hydrogen-bond acceptors (Lipinski definition) is 5. The molecule has 1 fully saturated rings. The number of benzene rings is 1. The van der Waals surface area contributed by atoms with Crippen molar-refractivity contribution in [1.29, 1.82) is 0 Å². The standard InChI is InChI=1S/C18H25N3O2S2/c1-20(2)16-9-7-15(8-10-16)17(21-11-3-4-12-21)14-19-25(22,23)18-6-5-13-24-18/h5-10,13,17,19H,3-4,11-12,14H2,1-2H3/t17-/m1/s1. The molecule has 2 heterocycles. The van der Waals surface area contributed by atoms with Crippen molar-refractivity contribution in [2.75, 3.05) is 38.6 Å². The van der Waals surface area contributed by atoms with Crippen LogP contribution in [0.4, 0.5) is 5.69 Å². The third kappa shape index (κ3) is 4.41. The van der Waals surface area contributed by atoms with Crippen molar-refractivity contribution >= 4 is 27.0 Å². The van der Waals surface area contributed by atoms with Gasteiger partial charge in [-0.3, -0.25) is 4.90 Å². The van der Waals surface area contributed by atoms with Gasteiger partial charge in [0.15, 0.2) is 0 Å². The first-order valence-corrected chi connectivity index (χ1v) is 10.9. The van der Waals surface area contributed by atoms with Gasteiger partial charge in [-0.2, -0.15) is 0 Å². The van der Waals surface area contributed by atoms with Crippen molar-refractivity contribution in [3.05, 3.63) is 47.3 Å². The Kier molecular flexibility index (Phi) is 5.78. The molecule has 25 heavy (non-hydrogen) atoms. The van der Waals surface area contributed by atoms with Crippen molar-refractivity contribution in [3.8, 4) is 0 Å². The second kappa shape index (κ2) is 7.86. The predicted molar refractivity (Wildman–Crippen MR) is 104 cm³/mol. The number of hydrogen-bond donors (Lipinski definition) is 1. The van der Waals surface area contributed by atoms with Gasteiger partial charge >= 0.3 is 0 Å². The molecule has 0 saturated carbocycles. The molecular weight excluding hydrogens is 354 g/mol. The van der Waals surface area contributed by atoms with Gasteiger partial charge < -0.3 is 4.90 Å². The fraction of sp³-hybridized carbons (Fsp3) is 0.444. The minimum absolute atomic E-state index is 0.0634. The van der Waals surface area contributed by atoms with E-state index in [1.807, 2.05) is 14.1 Å². The number of sulfonamides is 1. The molecule has 1 aromatic carbocycles. The van der Waals surface area contributed by atoms with E-state index in [0.717, 1.165) is 24.3 Å². The summed E-state index contributed by atoms with van der Waals surface area (Å²) in [7, 11) is 0.594. The van der Waals surface area contributed by atoms with Crippen molar-refractivity contribution in [2.45, 2.75) is 23.1 Å². The minimum Gasteiger partial charge on any atom is -0.378 e. The maximum atomic E-state index is 12.5. The van der Waals surface area contributed by atoms with Crippen LogP contribution >= 0.6 is 11.3 Å². The molecule has 5 nitrogen and oxygen atoms in total. The molecule has 0 unspecified atom stereocenters. The Hall–Kier alpha value is -1.41. The summed E-state index contributed by atoms with van der Waals surface area (Å²) in [5.41, 5.74) is 2.30. The Morgan fingerprint density at radius 3 is 2.40 bits per heavy atom. The molecule has 0 spiro atoms. The molecule has 0 bridgehead atoms. The lowest BCUT2D eigenvalue weighted by Crippen LogP contribution is -2.36. The number of thiophene rings is 1. The highest BCUT2D eigenvalue weighted by Crippen LogP contribution is 2.27. The lowest BCUT2D eigenvalue weighted by Gasteiger charge is -2.28. The van der Waals surface area contributed by atoms with Crippen LogP contribution in [0.2, 0.25) is 0 Å². The molecule has 7 heteroatoms. The summed E-state index contributed by atoms with van der Waals surface area (Å²) in [5.74, 6) is 0. The molecule has 0 amide bonds. The van der Waals surface area contributed by atoms with Gasteiger partial charge in [0.1, 0.15) is 4.21 Å². The molecule has 1 aliphatic rings. The molecule has 1 aromatic heterocycles. The zero-order valence-electron chi connectivity index (χ0n) is 14.7. The number of nitrogens with zero attached hydrogens (tertiary/aromatic N) is 2. The summed E-state index contributed by atoms with van der Waals surface area (Å²) in [6.07, 6.45) is 2.34. The number of likely N-dealkylation sites (tertiary alicyclic amines) is 1. The lowest BCUT2D eigenvalue weighted by molar-refractivity contribution is 0.246. The van der Waals surface area contributed by atoms with Crippen molar-refractivity contribution in [3.63, 3.8) is 0 Å². The molecule has 1 N–H and O–H groups in total. The van der Waals surface area contributed by atoms with Crippen LogP contribution in [0.3, 0.4) is 0 Å². The largest absolute Gasteiger partial charge is 0.378 e. The van der Waals surface area contributed by atoms with Crippen LogP contribution in [0, 0.1) is 0 Å². The van der Waals surface area contributed by atoms with E-state index >= 15 is 0 Å². The Labute approximate surface area is 154 Å². The summed E-state index contributed by atoms with van der Waals surface area (Å²) in [4.78, 5) is 4.44. The fourth-order valence-electron chi connectivity index (χ4n) is 3.18. The van der Waals surface area contributed by atoms with Gasteiger partial charge in [-0.05, 0) is 55.1 Å². The maximum Gasteiger partial charge on any atom is 0.250 e. The Balaban J connectivity index is 1.78. The highest BCUT2D eigenvalue weighted by Gasteiger charge is 2.26. The molecule has 3 rings (SSSR count). The van der Waals surface area contributed by atoms with Gasteiger partial charge in [0.25, 0.3) is 0 Å². The van der Waals surface area contributed by atoms with Crippen molar-refractivity contribution in [2.24, 2.45) is 0 Å². The van der Waals surface area contributed by atoms with Crippen LogP contribution in [0.15, 0.2) is 46.0 Å². The maximum absolute atomic E-state index is 12.5. The Bertz CT molecular complexity index is 765. The molecule has 136 valence electrons. The van der Waals surface area contributed by atoms with Gasteiger partial charge in [-0.15, -0.1) is 11.3 Å². The summed E-state index contributed by atoms with van der Waals surface area (Å²) in [6, 6.07) is 11.9. The van der Waals surface area contributed by atoms with E-state index in [-0.39, 0.29) is 6.04 Å². The van der Waals surface area contributed by atoms with Crippen LogP contribution in [0.25, 0.3) is 0 Å². The molecule has 2 aromatic rings. The Morgan fingerprint density at radius 2 is 1.84 bits per heavy atom. The summed E-state index contributed by atoms with van der Waals surface area (Å²) >= 11 is 1.25. The van der Waals surface area contributed by atoms with E-state index in [1.54, 1.807) is 17.5 Å². The third-order valence-corrected chi connectivity index (χ3v) is 7.42. The SMILES string of the molecule is CN(C)c1ccc([C@@H](CNS(=O)(=O)c2cccs2)N2CCCC2)cc1. The fourth-order valence-corrected chi connectivity index (χ4v) is 5.26.